The summed E-state index contributed by atoms with van der Waals surface area (Å²) in [4.78, 5) is 0. The minimum absolute atomic E-state index is 0.366. The van der Waals surface area contributed by atoms with E-state index in [1.54, 1.807) is 14.2 Å². The van der Waals surface area contributed by atoms with Crippen molar-refractivity contribution in [2.75, 3.05) is 20.8 Å². The van der Waals surface area contributed by atoms with Gasteiger partial charge in [0.25, 0.3) is 0 Å². The Morgan fingerprint density at radius 2 is 1.83 bits per heavy atom. The molecule has 0 aromatic heterocycles. The molecule has 134 valence electrons. The fourth-order valence-corrected chi connectivity index (χ4v) is 4.58. The van der Waals surface area contributed by atoms with Crippen molar-refractivity contribution in [3.63, 3.8) is 0 Å². The molecule has 1 aromatic carbocycles. The molecule has 0 amide bonds. The molecule has 2 aliphatic rings. The van der Waals surface area contributed by atoms with E-state index < -0.39 is 0 Å². The molecule has 1 spiro atoms. The third-order valence-electron chi connectivity index (χ3n) is 5.94. The Hall–Kier alpha value is -1.26. The molecule has 4 heteroatoms. The quantitative estimate of drug-likeness (QED) is 0.821. The molecule has 0 heterocycles. The second-order valence-electron chi connectivity index (χ2n) is 7.10. The summed E-state index contributed by atoms with van der Waals surface area (Å²) in [6, 6.07) is 6.73. The van der Waals surface area contributed by atoms with Crippen LogP contribution in [0.15, 0.2) is 18.2 Å². The van der Waals surface area contributed by atoms with Gasteiger partial charge in [0.15, 0.2) is 11.5 Å². The molecule has 2 aliphatic carbocycles. The lowest BCUT2D eigenvalue weighted by Gasteiger charge is -2.58. The molecule has 4 nitrogen and oxygen atoms in total. The molecule has 2 fully saturated rings. The van der Waals surface area contributed by atoms with Gasteiger partial charge in [-0.1, -0.05) is 25.3 Å². The minimum atomic E-state index is 0.366. The molecule has 3 rings (SSSR count). The zero-order valence-corrected chi connectivity index (χ0v) is 15.3. The highest BCUT2D eigenvalue weighted by Gasteiger charge is 2.55. The first kappa shape index (κ1) is 17.6. The van der Waals surface area contributed by atoms with E-state index in [-0.39, 0.29) is 0 Å². The smallest absolute Gasteiger partial charge is 0.161 e. The molecule has 24 heavy (non-hydrogen) atoms. The minimum Gasteiger partial charge on any atom is -0.493 e. The molecular formula is C20H31NO3. The van der Waals surface area contributed by atoms with Crippen LogP contribution in [0.5, 0.6) is 11.5 Å². The molecule has 0 radical (unpaired) electrons. The van der Waals surface area contributed by atoms with E-state index in [1.807, 2.05) is 6.07 Å². The maximum atomic E-state index is 6.04. The van der Waals surface area contributed by atoms with Crippen LogP contribution in [0, 0.1) is 5.41 Å². The second kappa shape index (κ2) is 7.75. The fourth-order valence-electron chi connectivity index (χ4n) is 4.58. The van der Waals surface area contributed by atoms with E-state index in [1.165, 1.54) is 37.7 Å². The van der Waals surface area contributed by atoms with Gasteiger partial charge in [0.2, 0.25) is 0 Å². The van der Waals surface area contributed by atoms with Crippen molar-refractivity contribution in [2.45, 2.75) is 64.1 Å². The van der Waals surface area contributed by atoms with Gasteiger partial charge < -0.3 is 19.5 Å². The van der Waals surface area contributed by atoms with Crippen molar-refractivity contribution in [3.05, 3.63) is 23.8 Å². The predicted octanol–water partition coefficient (Wildman–Crippen LogP) is 3.92. The van der Waals surface area contributed by atoms with Crippen LogP contribution in [0.4, 0.5) is 0 Å². The summed E-state index contributed by atoms with van der Waals surface area (Å²) in [5.41, 5.74) is 1.60. The summed E-state index contributed by atoms with van der Waals surface area (Å²) >= 11 is 0. The Kier molecular flexibility index (Phi) is 5.67. The van der Waals surface area contributed by atoms with Gasteiger partial charge in [0, 0.05) is 24.6 Å². The SMILES string of the molecule is CCO[C@H]1C[C@H](NCc2ccc(OC)c(OC)c2)C12CCCCC2. The lowest BCUT2D eigenvalue weighted by molar-refractivity contribution is -0.150. The monoisotopic (exact) mass is 333 g/mol. The van der Waals surface area contributed by atoms with Gasteiger partial charge in [-0.2, -0.15) is 0 Å². The van der Waals surface area contributed by atoms with Crippen LogP contribution in [0.25, 0.3) is 0 Å². The topological polar surface area (TPSA) is 39.7 Å². The Morgan fingerprint density at radius 3 is 2.50 bits per heavy atom. The summed E-state index contributed by atoms with van der Waals surface area (Å²) in [5.74, 6) is 1.58. The first-order valence-electron chi connectivity index (χ1n) is 9.29. The highest BCUT2D eigenvalue weighted by Crippen LogP contribution is 2.53. The van der Waals surface area contributed by atoms with Gasteiger partial charge in [-0.05, 0) is 43.9 Å². The molecule has 1 aromatic rings. The van der Waals surface area contributed by atoms with Crippen LogP contribution in [-0.4, -0.2) is 33.0 Å². The number of methoxy groups -OCH3 is 2. The van der Waals surface area contributed by atoms with E-state index in [2.05, 4.69) is 24.4 Å². The van der Waals surface area contributed by atoms with Crippen LogP contribution in [0.1, 0.15) is 51.0 Å². The maximum Gasteiger partial charge on any atom is 0.161 e. The number of benzene rings is 1. The van der Waals surface area contributed by atoms with Crippen LogP contribution in [0.3, 0.4) is 0 Å². The summed E-state index contributed by atoms with van der Waals surface area (Å²) in [7, 11) is 3.36. The molecule has 0 bridgehead atoms. The van der Waals surface area contributed by atoms with Crippen molar-refractivity contribution in [1.82, 2.24) is 5.32 Å². The highest BCUT2D eigenvalue weighted by molar-refractivity contribution is 5.42. The maximum absolute atomic E-state index is 6.04. The fraction of sp³-hybridized carbons (Fsp3) is 0.700. The van der Waals surface area contributed by atoms with Gasteiger partial charge >= 0.3 is 0 Å². The zero-order valence-electron chi connectivity index (χ0n) is 15.3. The average Bonchev–Trinajstić information content (AvgIpc) is 2.64. The largest absolute Gasteiger partial charge is 0.493 e. The summed E-state index contributed by atoms with van der Waals surface area (Å²) in [5, 5.41) is 3.80. The number of ether oxygens (including phenoxy) is 3. The lowest BCUT2D eigenvalue weighted by atomic mass is 9.55. The van der Waals surface area contributed by atoms with Gasteiger partial charge in [0.1, 0.15) is 0 Å². The molecular weight excluding hydrogens is 302 g/mol. The predicted molar refractivity (Wildman–Crippen MR) is 95.7 cm³/mol. The standard InChI is InChI=1S/C20H31NO3/c1-4-24-19-13-18(20(19)10-6-5-7-11-20)21-14-15-8-9-16(22-2)17(12-15)23-3/h8-9,12,18-19,21H,4-7,10-11,13-14H2,1-3H3/t18-,19-/m0/s1. The van der Waals surface area contributed by atoms with Gasteiger partial charge in [-0.3, -0.25) is 0 Å². The van der Waals surface area contributed by atoms with Crippen LogP contribution in [-0.2, 0) is 11.3 Å². The number of nitrogens with one attached hydrogen (secondary N) is 1. The van der Waals surface area contributed by atoms with E-state index in [9.17, 15) is 0 Å². The third kappa shape index (κ3) is 3.27. The highest BCUT2D eigenvalue weighted by atomic mass is 16.5. The van der Waals surface area contributed by atoms with Crippen molar-refractivity contribution < 1.29 is 14.2 Å². The second-order valence-corrected chi connectivity index (χ2v) is 7.10. The Labute approximate surface area is 145 Å². The lowest BCUT2D eigenvalue weighted by Crippen LogP contribution is -2.64. The number of hydrogen-bond donors (Lipinski definition) is 1. The molecule has 2 atom stereocenters. The van der Waals surface area contributed by atoms with Gasteiger partial charge in [-0.15, -0.1) is 0 Å². The summed E-state index contributed by atoms with van der Waals surface area (Å²) < 4.78 is 16.8. The summed E-state index contributed by atoms with van der Waals surface area (Å²) in [6.45, 7) is 3.81. The molecule has 0 aliphatic heterocycles. The molecule has 0 unspecified atom stereocenters. The van der Waals surface area contributed by atoms with E-state index in [0.29, 0.717) is 17.6 Å². The zero-order chi connectivity index (χ0) is 17.0. The molecule has 2 saturated carbocycles. The first-order valence-corrected chi connectivity index (χ1v) is 9.29. The third-order valence-corrected chi connectivity index (χ3v) is 5.94. The van der Waals surface area contributed by atoms with Crippen molar-refractivity contribution >= 4 is 0 Å². The van der Waals surface area contributed by atoms with Gasteiger partial charge in [-0.25, -0.2) is 0 Å². The first-order chi connectivity index (χ1) is 11.7. The van der Waals surface area contributed by atoms with E-state index >= 15 is 0 Å². The number of hydrogen-bond acceptors (Lipinski definition) is 4. The van der Waals surface area contributed by atoms with Crippen LogP contribution < -0.4 is 14.8 Å². The van der Waals surface area contributed by atoms with Gasteiger partial charge in [0.05, 0.1) is 20.3 Å². The van der Waals surface area contributed by atoms with Crippen molar-refractivity contribution in [1.29, 1.82) is 0 Å². The Balaban J connectivity index is 1.63. The van der Waals surface area contributed by atoms with E-state index in [0.717, 1.165) is 31.1 Å². The molecule has 0 saturated heterocycles. The van der Waals surface area contributed by atoms with Crippen molar-refractivity contribution in [2.24, 2.45) is 5.41 Å². The Morgan fingerprint density at radius 1 is 1.08 bits per heavy atom. The average molecular weight is 333 g/mol. The Bertz CT molecular complexity index is 540. The van der Waals surface area contributed by atoms with E-state index in [4.69, 9.17) is 14.2 Å². The molecule has 1 N–H and O–H groups in total. The van der Waals surface area contributed by atoms with Crippen LogP contribution in [0.2, 0.25) is 0 Å². The van der Waals surface area contributed by atoms with Crippen molar-refractivity contribution in [3.8, 4) is 11.5 Å². The summed E-state index contributed by atoms with van der Waals surface area (Å²) in [6.07, 6.45) is 8.27. The normalized spacial score (nSPS) is 25.3. The van der Waals surface area contributed by atoms with Crippen LogP contribution >= 0.6 is 0 Å². The number of rotatable bonds is 7.